The van der Waals surface area contributed by atoms with Crippen LogP contribution in [-0.4, -0.2) is 35.9 Å². The fourth-order valence-electron chi connectivity index (χ4n) is 2.78. The predicted molar refractivity (Wildman–Crippen MR) is 87.4 cm³/mol. The van der Waals surface area contributed by atoms with Gasteiger partial charge in [-0.2, -0.15) is 0 Å². The van der Waals surface area contributed by atoms with Gasteiger partial charge in [-0.05, 0) is 31.0 Å². The van der Waals surface area contributed by atoms with E-state index in [1.54, 1.807) is 11.0 Å². The lowest BCUT2D eigenvalue weighted by Crippen LogP contribution is -2.40. The van der Waals surface area contributed by atoms with Crippen LogP contribution in [0.3, 0.4) is 0 Å². The van der Waals surface area contributed by atoms with E-state index in [4.69, 9.17) is 14.6 Å². The molecule has 6 heteroatoms. The quantitative estimate of drug-likeness (QED) is 0.899. The lowest BCUT2D eigenvalue weighted by Gasteiger charge is -2.29. The highest BCUT2D eigenvalue weighted by Gasteiger charge is 2.19. The molecule has 1 aromatic heterocycles. The van der Waals surface area contributed by atoms with Crippen molar-refractivity contribution in [3.63, 3.8) is 0 Å². The molecule has 6 nitrogen and oxygen atoms in total. The normalized spacial score (nSPS) is 19.6. The minimum Gasteiger partial charge on any atom is -0.378 e. The van der Waals surface area contributed by atoms with Gasteiger partial charge in [-0.25, -0.2) is 4.98 Å². The summed E-state index contributed by atoms with van der Waals surface area (Å²) in [5.41, 5.74) is 7.53. The van der Waals surface area contributed by atoms with Crippen molar-refractivity contribution in [1.29, 1.82) is 0 Å². The second-order valence-electron chi connectivity index (χ2n) is 5.69. The lowest BCUT2D eigenvalue weighted by atomic mass is 10.0. The van der Waals surface area contributed by atoms with Crippen molar-refractivity contribution in [1.82, 2.24) is 9.55 Å². The summed E-state index contributed by atoms with van der Waals surface area (Å²) in [7, 11) is 0. The number of hydrogen-bond acceptors (Lipinski definition) is 5. The van der Waals surface area contributed by atoms with Gasteiger partial charge in [0.1, 0.15) is 0 Å². The number of benzene rings is 1. The summed E-state index contributed by atoms with van der Waals surface area (Å²) < 4.78 is 29.6. The van der Waals surface area contributed by atoms with Crippen LogP contribution >= 0.6 is 0 Å². The molecule has 1 atom stereocenters. The van der Waals surface area contributed by atoms with Crippen molar-refractivity contribution < 1.29 is 8.85 Å². The van der Waals surface area contributed by atoms with Gasteiger partial charge in [0.2, 0.25) is 5.95 Å². The van der Waals surface area contributed by atoms with Crippen LogP contribution in [-0.2, 0) is 11.7 Å². The second-order valence-corrected chi connectivity index (χ2v) is 5.69. The van der Waals surface area contributed by atoms with Crippen LogP contribution < -0.4 is 16.2 Å². The number of anilines is 1. The van der Waals surface area contributed by atoms with Gasteiger partial charge in [0.05, 0.1) is 24.1 Å². The SMILES string of the molecule is [2H]C([2H])([2H])n1c(N2CCOCC2)nc2c([C@@H](C)N)cc(C)cc2c1=O. The van der Waals surface area contributed by atoms with E-state index in [0.29, 0.717) is 31.8 Å². The van der Waals surface area contributed by atoms with Crippen molar-refractivity contribution in [3.05, 3.63) is 33.6 Å². The van der Waals surface area contributed by atoms with E-state index in [1.165, 1.54) is 0 Å². The molecular weight excluding hydrogens is 280 g/mol. The minimum atomic E-state index is -2.62. The Bertz CT molecular complexity index is 855. The summed E-state index contributed by atoms with van der Waals surface area (Å²) in [4.78, 5) is 19.4. The molecule has 2 heterocycles. The molecule has 2 aromatic rings. The number of fused-ring (bicyclic) bond motifs is 1. The summed E-state index contributed by atoms with van der Waals surface area (Å²) in [6.45, 7) is 2.93. The topological polar surface area (TPSA) is 73.4 Å². The van der Waals surface area contributed by atoms with E-state index in [-0.39, 0.29) is 17.4 Å². The van der Waals surface area contributed by atoms with E-state index in [1.807, 2.05) is 19.9 Å². The van der Waals surface area contributed by atoms with Crippen LogP contribution in [0.5, 0.6) is 0 Å². The molecule has 118 valence electrons. The Morgan fingerprint density at radius 3 is 2.77 bits per heavy atom. The van der Waals surface area contributed by atoms with E-state index >= 15 is 0 Å². The third-order valence-electron chi connectivity index (χ3n) is 3.91. The Morgan fingerprint density at radius 2 is 2.14 bits per heavy atom. The summed E-state index contributed by atoms with van der Waals surface area (Å²) in [5, 5.41) is 0.278. The number of nitrogens with zero attached hydrogens (tertiary/aromatic N) is 3. The molecule has 0 saturated carbocycles. The predicted octanol–water partition coefficient (Wildman–Crippen LogP) is 1.10. The maximum absolute atomic E-state index is 13.0. The van der Waals surface area contributed by atoms with Gasteiger partial charge >= 0.3 is 0 Å². The number of aromatic nitrogens is 2. The Balaban J connectivity index is 2.38. The zero-order chi connectivity index (χ0) is 18.4. The zero-order valence-corrected chi connectivity index (χ0v) is 12.8. The molecule has 1 fully saturated rings. The highest BCUT2D eigenvalue weighted by Crippen LogP contribution is 2.24. The van der Waals surface area contributed by atoms with Crippen LogP contribution in [0.25, 0.3) is 10.9 Å². The average Bonchev–Trinajstić information content (AvgIpc) is 2.54. The molecule has 1 aliphatic rings. The molecule has 0 amide bonds. The molecule has 0 radical (unpaired) electrons. The van der Waals surface area contributed by atoms with Crippen LogP contribution in [0.15, 0.2) is 16.9 Å². The summed E-state index contributed by atoms with van der Waals surface area (Å²) in [6.07, 6.45) is 0. The van der Waals surface area contributed by atoms with Gasteiger partial charge in [0.15, 0.2) is 0 Å². The molecule has 3 rings (SSSR count). The molecule has 1 aromatic carbocycles. The first kappa shape index (κ1) is 11.6. The average molecular weight is 305 g/mol. The van der Waals surface area contributed by atoms with Gasteiger partial charge in [-0.1, -0.05) is 6.07 Å². The molecule has 22 heavy (non-hydrogen) atoms. The van der Waals surface area contributed by atoms with Gasteiger partial charge < -0.3 is 15.4 Å². The number of morpholine rings is 1. The first-order chi connectivity index (χ1) is 11.7. The van der Waals surface area contributed by atoms with E-state index in [9.17, 15) is 4.79 Å². The fourth-order valence-corrected chi connectivity index (χ4v) is 2.78. The van der Waals surface area contributed by atoms with Crippen LogP contribution in [0.4, 0.5) is 5.95 Å². The summed E-state index contributed by atoms with van der Waals surface area (Å²) in [5.74, 6) is 0.145. The smallest absolute Gasteiger partial charge is 0.262 e. The Morgan fingerprint density at radius 1 is 1.41 bits per heavy atom. The highest BCUT2D eigenvalue weighted by molar-refractivity contribution is 5.83. The number of ether oxygens (including phenoxy) is 1. The van der Waals surface area contributed by atoms with Crippen LogP contribution in [0.2, 0.25) is 0 Å². The molecule has 0 spiro atoms. The molecule has 0 bridgehead atoms. The highest BCUT2D eigenvalue weighted by atomic mass is 16.5. The molecule has 0 aliphatic carbocycles. The Kier molecular flexibility index (Phi) is 3.01. The van der Waals surface area contributed by atoms with E-state index in [2.05, 4.69) is 4.98 Å². The summed E-state index contributed by atoms with van der Waals surface area (Å²) in [6, 6.07) is 3.24. The molecule has 1 saturated heterocycles. The van der Waals surface area contributed by atoms with E-state index in [0.717, 1.165) is 15.7 Å². The minimum absolute atomic E-state index is 0.145. The number of rotatable bonds is 2. The standard InChI is InChI=1S/C16H22N4O2/c1-10-8-12(11(2)17)14-13(9-10)15(21)19(3)16(18-14)20-4-6-22-7-5-20/h8-9,11H,4-7,17H2,1-3H3/t11-/m1/s1/i3D3. The number of hydrogen-bond donors (Lipinski definition) is 1. The molecular formula is C16H22N4O2. The maximum atomic E-state index is 13.0. The van der Waals surface area contributed by atoms with E-state index < -0.39 is 12.5 Å². The fraction of sp³-hybridized carbons (Fsp3) is 0.500. The Labute approximate surface area is 133 Å². The third-order valence-corrected chi connectivity index (χ3v) is 3.91. The van der Waals surface area contributed by atoms with Crippen molar-refractivity contribution in [2.75, 3.05) is 31.2 Å². The van der Waals surface area contributed by atoms with Crippen LogP contribution in [0.1, 0.15) is 28.2 Å². The number of aryl methyl sites for hydroxylation is 1. The molecule has 0 unspecified atom stereocenters. The summed E-state index contributed by atoms with van der Waals surface area (Å²) >= 11 is 0. The van der Waals surface area contributed by atoms with Crippen molar-refractivity contribution in [2.45, 2.75) is 19.9 Å². The van der Waals surface area contributed by atoms with Crippen molar-refractivity contribution >= 4 is 16.9 Å². The van der Waals surface area contributed by atoms with Gasteiger partial charge in [-0.3, -0.25) is 9.36 Å². The second kappa shape index (κ2) is 5.70. The van der Waals surface area contributed by atoms with Gasteiger partial charge in [-0.15, -0.1) is 0 Å². The lowest BCUT2D eigenvalue weighted by molar-refractivity contribution is 0.121. The monoisotopic (exact) mass is 305 g/mol. The first-order valence-corrected chi connectivity index (χ1v) is 7.36. The molecule has 2 N–H and O–H groups in total. The Hall–Kier alpha value is -1.92. The zero-order valence-electron chi connectivity index (χ0n) is 15.8. The molecule has 1 aliphatic heterocycles. The third kappa shape index (κ3) is 2.48. The van der Waals surface area contributed by atoms with Crippen molar-refractivity contribution in [3.8, 4) is 0 Å². The van der Waals surface area contributed by atoms with Crippen molar-refractivity contribution in [2.24, 2.45) is 12.7 Å². The van der Waals surface area contributed by atoms with Gasteiger partial charge in [0, 0.05) is 30.2 Å². The van der Waals surface area contributed by atoms with Crippen LogP contribution in [0, 0.1) is 6.92 Å². The number of nitrogens with two attached hydrogens (primary N) is 1. The first-order valence-electron chi connectivity index (χ1n) is 8.86. The maximum Gasteiger partial charge on any atom is 0.262 e. The largest absolute Gasteiger partial charge is 0.378 e. The van der Waals surface area contributed by atoms with Gasteiger partial charge in [0.25, 0.3) is 5.56 Å².